The summed E-state index contributed by atoms with van der Waals surface area (Å²) in [5.74, 6) is 1.04. The van der Waals surface area contributed by atoms with Crippen molar-refractivity contribution in [1.29, 1.82) is 0 Å². The highest BCUT2D eigenvalue weighted by atomic mass is 16.5. The molecule has 7 nitrogen and oxygen atoms in total. The molecule has 7 heteroatoms. The quantitative estimate of drug-likeness (QED) is 0.298. The molecule has 0 radical (unpaired) electrons. The topological polar surface area (TPSA) is 85.9 Å². The van der Waals surface area contributed by atoms with Gasteiger partial charge in [0.1, 0.15) is 17.2 Å². The largest absolute Gasteiger partial charge is 0.494 e. The van der Waals surface area contributed by atoms with Crippen LogP contribution in [-0.4, -0.2) is 31.6 Å². The van der Waals surface area contributed by atoms with Crippen LogP contribution < -0.4 is 24.8 Å². The second-order valence-corrected chi connectivity index (χ2v) is 7.77. The van der Waals surface area contributed by atoms with Crippen molar-refractivity contribution in [3.05, 3.63) is 83.9 Å². The third kappa shape index (κ3) is 7.63. The van der Waals surface area contributed by atoms with Gasteiger partial charge in [-0.2, -0.15) is 0 Å². The van der Waals surface area contributed by atoms with Crippen molar-refractivity contribution in [1.82, 2.24) is 0 Å². The number of anilines is 2. The minimum absolute atomic E-state index is 0.273. The monoisotopic (exact) mass is 488 g/mol. The molecule has 3 rings (SSSR count). The van der Waals surface area contributed by atoms with Crippen molar-refractivity contribution in [3.8, 4) is 17.2 Å². The smallest absolute Gasteiger partial charge is 0.255 e. The minimum Gasteiger partial charge on any atom is -0.494 e. The number of hydrogen-bond acceptors (Lipinski definition) is 5. The number of nitrogens with one attached hydrogen (secondary N) is 2. The van der Waals surface area contributed by atoms with Crippen LogP contribution in [0.3, 0.4) is 0 Å². The van der Waals surface area contributed by atoms with Gasteiger partial charge >= 0.3 is 0 Å². The molecule has 0 saturated heterocycles. The lowest BCUT2D eigenvalue weighted by Crippen LogP contribution is -2.14. The van der Waals surface area contributed by atoms with Gasteiger partial charge in [0.25, 0.3) is 5.91 Å². The fourth-order valence-corrected chi connectivity index (χ4v) is 3.33. The molecule has 3 aromatic rings. The van der Waals surface area contributed by atoms with Crippen molar-refractivity contribution in [3.63, 3.8) is 0 Å². The highest BCUT2D eigenvalue weighted by molar-refractivity contribution is 6.06. The minimum atomic E-state index is -0.328. The van der Waals surface area contributed by atoms with Gasteiger partial charge in [0.2, 0.25) is 5.91 Å². The maximum absolute atomic E-state index is 12.7. The Kier molecular flexibility index (Phi) is 9.94. The molecule has 0 saturated carbocycles. The average molecular weight is 489 g/mol. The van der Waals surface area contributed by atoms with Crippen LogP contribution in [0.5, 0.6) is 17.2 Å². The molecule has 0 fully saturated rings. The summed E-state index contributed by atoms with van der Waals surface area (Å²) >= 11 is 0. The molecule has 2 N–H and O–H groups in total. The Balaban J connectivity index is 1.77. The van der Waals surface area contributed by atoms with Crippen molar-refractivity contribution in [2.45, 2.75) is 27.2 Å². The van der Waals surface area contributed by atoms with E-state index in [-0.39, 0.29) is 11.8 Å². The summed E-state index contributed by atoms with van der Waals surface area (Å²) in [5.41, 5.74) is 2.28. The summed E-state index contributed by atoms with van der Waals surface area (Å²) in [6.07, 6.45) is 4.11. The molecule has 0 spiro atoms. The molecule has 0 aromatic heterocycles. The molecule has 0 aliphatic rings. The Bertz CT molecular complexity index is 1170. The molecule has 3 aromatic carbocycles. The molecule has 0 unspecified atom stereocenters. The molecule has 0 atom stereocenters. The summed E-state index contributed by atoms with van der Waals surface area (Å²) in [6.45, 7) is 7.17. The highest BCUT2D eigenvalue weighted by Gasteiger charge is 2.16. The molecular formula is C29H32N2O5. The Hall–Kier alpha value is -4.26. The van der Waals surface area contributed by atoms with E-state index in [9.17, 15) is 9.59 Å². The first-order chi connectivity index (χ1) is 17.5. The Labute approximate surface area is 212 Å². The number of carbonyl (C=O) groups excluding carboxylic acids is 2. The standard InChI is InChI=1S/C29H32N2O5/c1-4-18-36-23-15-12-21(13-16-23)14-17-28(32)30-24-19-27(35-6-3)25(20-26(24)34-5-2)31-29(33)22-10-8-7-9-11-22/h7-17,19-20H,4-6,18H2,1-3H3,(H,30,32)(H,31,33)/b17-14+. The summed E-state index contributed by atoms with van der Waals surface area (Å²) < 4.78 is 17.1. The lowest BCUT2D eigenvalue weighted by Gasteiger charge is -2.17. The van der Waals surface area contributed by atoms with Crippen LogP contribution in [-0.2, 0) is 4.79 Å². The third-order valence-corrected chi connectivity index (χ3v) is 5.00. The number of ether oxygens (including phenoxy) is 3. The zero-order valence-corrected chi connectivity index (χ0v) is 20.9. The SMILES string of the molecule is CCCOc1ccc(/C=C/C(=O)Nc2cc(OCC)c(NC(=O)c3ccccc3)cc2OCC)cc1. The van der Waals surface area contributed by atoms with Crippen LogP contribution in [0.2, 0.25) is 0 Å². The Morgan fingerprint density at radius 2 is 1.39 bits per heavy atom. The van der Waals surface area contributed by atoms with Gasteiger partial charge in [0.05, 0.1) is 31.2 Å². The van der Waals surface area contributed by atoms with Gasteiger partial charge in [-0.1, -0.05) is 37.3 Å². The van der Waals surface area contributed by atoms with E-state index in [1.54, 1.807) is 42.5 Å². The Morgan fingerprint density at radius 1 is 0.778 bits per heavy atom. The lowest BCUT2D eigenvalue weighted by atomic mass is 10.2. The lowest BCUT2D eigenvalue weighted by molar-refractivity contribution is -0.111. The van der Waals surface area contributed by atoms with Crippen molar-refractivity contribution >= 4 is 29.3 Å². The first-order valence-corrected chi connectivity index (χ1v) is 12.1. The van der Waals surface area contributed by atoms with Gasteiger partial charge in [-0.3, -0.25) is 9.59 Å². The molecule has 0 bridgehead atoms. The van der Waals surface area contributed by atoms with E-state index >= 15 is 0 Å². The van der Waals surface area contributed by atoms with Crippen LogP contribution in [0.1, 0.15) is 43.1 Å². The zero-order chi connectivity index (χ0) is 25.8. The molecule has 36 heavy (non-hydrogen) atoms. The maximum Gasteiger partial charge on any atom is 0.255 e. The highest BCUT2D eigenvalue weighted by Crippen LogP contribution is 2.37. The molecule has 0 aliphatic carbocycles. The first kappa shape index (κ1) is 26.3. The van der Waals surface area contributed by atoms with Gasteiger partial charge in [-0.05, 0) is 56.2 Å². The number of benzene rings is 3. The van der Waals surface area contributed by atoms with Crippen LogP contribution in [0, 0.1) is 0 Å². The molecule has 0 aliphatic heterocycles. The van der Waals surface area contributed by atoms with Crippen molar-refractivity contribution in [2.24, 2.45) is 0 Å². The number of hydrogen-bond donors (Lipinski definition) is 2. The predicted octanol–water partition coefficient (Wildman–Crippen LogP) is 6.18. The molecular weight excluding hydrogens is 456 g/mol. The van der Waals surface area contributed by atoms with Crippen molar-refractivity contribution in [2.75, 3.05) is 30.5 Å². The third-order valence-electron chi connectivity index (χ3n) is 5.00. The van der Waals surface area contributed by atoms with Gasteiger partial charge in [-0.25, -0.2) is 0 Å². The fourth-order valence-electron chi connectivity index (χ4n) is 3.33. The Morgan fingerprint density at radius 3 is 1.97 bits per heavy atom. The normalized spacial score (nSPS) is 10.6. The van der Waals surface area contributed by atoms with Crippen LogP contribution >= 0.6 is 0 Å². The zero-order valence-electron chi connectivity index (χ0n) is 20.9. The van der Waals surface area contributed by atoms with E-state index in [0.29, 0.717) is 48.3 Å². The summed E-state index contributed by atoms with van der Waals surface area (Å²) in [7, 11) is 0. The average Bonchev–Trinajstić information content (AvgIpc) is 2.90. The van der Waals surface area contributed by atoms with Gasteiger partial charge in [0, 0.05) is 23.8 Å². The summed E-state index contributed by atoms with van der Waals surface area (Å²) in [5, 5.41) is 5.72. The number of carbonyl (C=O) groups is 2. The predicted molar refractivity (Wildman–Crippen MR) is 143 cm³/mol. The van der Waals surface area contributed by atoms with Crippen LogP contribution in [0.4, 0.5) is 11.4 Å². The number of rotatable bonds is 12. The van der Waals surface area contributed by atoms with Gasteiger partial charge < -0.3 is 24.8 Å². The van der Waals surface area contributed by atoms with Crippen molar-refractivity contribution < 1.29 is 23.8 Å². The van der Waals surface area contributed by atoms with E-state index < -0.39 is 0 Å². The second-order valence-electron chi connectivity index (χ2n) is 7.77. The van der Waals surface area contributed by atoms with Crippen LogP contribution in [0.15, 0.2) is 72.8 Å². The number of amides is 2. The van der Waals surface area contributed by atoms with Gasteiger partial charge in [0.15, 0.2) is 0 Å². The molecule has 0 heterocycles. The van der Waals surface area contributed by atoms with E-state index in [0.717, 1.165) is 17.7 Å². The van der Waals surface area contributed by atoms with E-state index in [1.807, 2.05) is 44.2 Å². The summed E-state index contributed by atoms with van der Waals surface area (Å²) in [6, 6.07) is 19.7. The molecule has 2 amide bonds. The second kappa shape index (κ2) is 13.6. The van der Waals surface area contributed by atoms with E-state index in [4.69, 9.17) is 14.2 Å². The maximum atomic E-state index is 12.7. The molecule has 188 valence electrons. The van der Waals surface area contributed by atoms with E-state index in [2.05, 4.69) is 17.6 Å². The van der Waals surface area contributed by atoms with Crippen LogP contribution in [0.25, 0.3) is 6.08 Å². The first-order valence-electron chi connectivity index (χ1n) is 12.1. The summed E-state index contributed by atoms with van der Waals surface area (Å²) in [4.78, 5) is 25.4. The van der Waals surface area contributed by atoms with Gasteiger partial charge in [-0.15, -0.1) is 0 Å². The van der Waals surface area contributed by atoms with E-state index in [1.165, 1.54) is 6.08 Å². The fraction of sp³-hybridized carbons (Fsp3) is 0.241.